The molecule has 0 amide bonds. The largest absolute Gasteiger partial charge is 0.460 e. The van der Waals surface area contributed by atoms with Crippen molar-refractivity contribution in [1.29, 1.82) is 0 Å². The van der Waals surface area contributed by atoms with E-state index in [1.807, 2.05) is 45.0 Å². The fraction of sp³-hybridized carbons (Fsp3) is 0.385. The van der Waals surface area contributed by atoms with Crippen LogP contribution in [0, 0.1) is 0 Å². The number of aromatic nitrogens is 1. The maximum Gasteiger partial charge on any atom is 0.331 e. The normalized spacial score (nSPS) is 10.9. The van der Waals surface area contributed by atoms with Crippen molar-refractivity contribution in [2.45, 2.75) is 20.0 Å². The maximum absolute atomic E-state index is 11.3. The Bertz CT molecular complexity index is 412. The summed E-state index contributed by atoms with van der Waals surface area (Å²) in [4.78, 5) is 17.4. The van der Waals surface area contributed by atoms with Crippen LogP contribution in [0.3, 0.4) is 0 Å². The number of esters is 1. The van der Waals surface area contributed by atoms with Gasteiger partial charge in [-0.3, -0.25) is 4.98 Å². The standard InChI is InChI=1S/C13H18N2O2/c1-10(2)17-13(16)6-5-11-9-12(15(3)4)7-8-14-11/h5-10H,1-4H3/b6-5+. The molecule has 0 unspecified atom stereocenters. The van der Waals surface area contributed by atoms with E-state index in [0.29, 0.717) is 0 Å². The predicted octanol–water partition coefficient (Wildman–Crippen LogP) is 2.11. The lowest BCUT2D eigenvalue weighted by Crippen LogP contribution is -2.09. The molecule has 0 spiro atoms. The molecule has 0 aliphatic carbocycles. The van der Waals surface area contributed by atoms with Gasteiger partial charge >= 0.3 is 5.97 Å². The summed E-state index contributed by atoms with van der Waals surface area (Å²) in [6.07, 6.45) is 4.65. The van der Waals surface area contributed by atoms with Crippen LogP contribution >= 0.6 is 0 Å². The van der Waals surface area contributed by atoms with Gasteiger partial charge in [-0.15, -0.1) is 0 Å². The van der Waals surface area contributed by atoms with E-state index in [1.165, 1.54) is 6.08 Å². The molecule has 0 bridgehead atoms. The highest BCUT2D eigenvalue weighted by molar-refractivity contribution is 5.86. The summed E-state index contributed by atoms with van der Waals surface area (Å²) in [5.41, 5.74) is 1.77. The van der Waals surface area contributed by atoms with Crippen molar-refractivity contribution in [2.75, 3.05) is 19.0 Å². The van der Waals surface area contributed by atoms with Crippen LogP contribution in [0.4, 0.5) is 5.69 Å². The molecule has 0 saturated carbocycles. The van der Waals surface area contributed by atoms with Crippen molar-refractivity contribution < 1.29 is 9.53 Å². The molecule has 4 heteroatoms. The van der Waals surface area contributed by atoms with Crippen molar-refractivity contribution >= 4 is 17.7 Å². The van der Waals surface area contributed by atoms with Crippen molar-refractivity contribution in [3.8, 4) is 0 Å². The van der Waals surface area contributed by atoms with Gasteiger partial charge in [-0.05, 0) is 32.1 Å². The molecule has 0 radical (unpaired) electrons. The van der Waals surface area contributed by atoms with Crippen molar-refractivity contribution in [3.63, 3.8) is 0 Å². The number of anilines is 1. The van der Waals surface area contributed by atoms with E-state index in [4.69, 9.17) is 4.74 Å². The second-order valence-electron chi connectivity index (χ2n) is 4.15. The van der Waals surface area contributed by atoms with E-state index in [0.717, 1.165) is 11.4 Å². The highest BCUT2D eigenvalue weighted by Crippen LogP contribution is 2.11. The molecule has 0 N–H and O–H groups in total. The van der Waals surface area contributed by atoms with Gasteiger partial charge in [0.25, 0.3) is 0 Å². The van der Waals surface area contributed by atoms with E-state index >= 15 is 0 Å². The van der Waals surface area contributed by atoms with Gasteiger partial charge in [0.05, 0.1) is 11.8 Å². The van der Waals surface area contributed by atoms with Gasteiger partial charge in [-0.1, -0.05) is 0 Å². The number of carbonyl (C=O) groups excluding carboxylic acids is 1. The molecule has 92 valence electrons. The van der Waals surface area contributed by atoms with E-state index in [1.54, 1.807) is 12.3 Å². The smallest absolute Gasteiger partial charge is 0.331 e. The molecule has 0 saturated heterocycles. The van der Waals surface area contributed by atoms with Gasteiger partial charge < -0.3 is 9.64 Å². The van der Waals surface area contributed by atoms with Gasteiger partial charge in [0, 0.05) is 32.1 Å². The Balaban J connectivity index is 2.71. The van der Waals surface area contributed by atoms with Gasteiger partial charge in [-0.25, -0.2) is 4.79 Å². The summed E-state index contributed by atoms with van der Waals surface area (Å²) < 4.78 is 4.99. The Hall–Kier alpha value is -1.84. The molecule has 1 rings (SSSR count). The molecule has 0 fully saturated rings. The fourth-order valence-electron chi connectivity index (χ4n) is 1.23. The molecule has 0 aliphatic rings. The van der Waals surface area contributed by atoms with Crippen LogP contribution in [0.1, 0.15) is 19.5 Å². The van der Waals surface area contributed by atoms with Crippen LogP contribution in [0.25, 0.3) is 6.08 Å². The molecule has 17 heavy (non-hydrogen) atoms. The summed E-state index contributed by atoms with van der Waals surface area (Å²) in [5.74, 6) is -0.350. The number of carbonyl (C=O) groups is 1. The average molecular weight is 234 g/mol. The SMILES string of the molecule is CC(C)OC(=O)/C=C/c1cc(N(C)C)ccn1. The second-order valence-corrected chi connectivity index (χ2v) is 4.15. The number of nitrogens with zero attached hydrogens (tertiary/aromatic N) is 2. The first kappa shape index (κ1) is 13.2. The highest BCUT2D eigenvalue weighted by Gasteiger charge is 2.01. The Labute approximate surface area is 102 Å². The Morgan fingerprint density at radius 2 is 2.18 bits per heavy atom. The quantitative estimate of drug-likeness (QED) is 0.591. The molecule has 1 aromatic heterocycles. The molecular formula is C13H18N2O2. The van der Waals surface area contributed by atoms with Crippen molar-refractivity contribution in [2.24, 2.45) is 0 Å². The first-order valence-corrected chi connectivity index (χ1v) is 5.51. The monoisotopic (exact) mass is 234 g/mol. The Kier molecular flexibility index (Phi) is 4.69. The van der Waals surface area contributed by atoms with Crippen LogP contribution in [0.5, 0.6) is 0 Å². The number of pyridine rings is 1. The predicted molar refractivity (Wildman–Crippen MR) is 68.8 cm³/mol. The number of rotatable bonds is 4. The second kappa shape index (κ2) is 6.03. The molecule has 4 nitrogen and oxygen atoms in total. The van der Waals surface area contributed by atoms with Crippen LogP contribution < -0.4 is 4.90 Å². The minimum absolute atomic E-state index is 0.104. The van der Waals surface area contributed by atoms with E-state index in [2.05, 4.69) is 4.98 Å². The first-order valence-electron chi connectivity index (χ1n) is 5.51. The highest BCUT2D eigenvalue weighted by atomic mass is 16.5. The molecule has 1 aromatic rings. The van der Waals surface area contributed by atoms with Gasteiger partial charge in [0.15, 0.2) is 0 Å². The van der Waals surface area contributed by atoms with Gasteiger partial charge in [0.1, 0.15) is 0 Å². The molecule has 0 aliphatic heterocycles. The fourth-order valence-corrected chi connectivity index (χ4v) is 1.23. The van der Waals surface area contributed by atoms with Gasteiger partial charge in [-0.2, -0.15) is 0 Å². The lowest BCUT2D eigenvalue weighted by molar-refractivity contribution is -0.141. The minimum Gasteiger partial charge on any atom is -0.460 e. The van der Waals surface area contributed by atoms with E-state index in [9.17, 15) is 4.79 Å². The Morgan fingerprint density at radius 1 is 1.47 bits per heavy atom. The van der Waals surface area contributed by atoms with Gasteiger partial charge in [0.2, 0.25) is 0 Å². The average Bonchev–Trinajstić information content (AvgIpc) is 2.26. The minimum atomic E-state index is -0.350. The first-order chi connectivity index (χ1) is 7.99. The molecule has 1 heterocycles. The summed E-state index contributed by atoms with van der Waals surface area (Å²) in [6, 6.07) is 3.81. The number of hydrogen-bond acceptors (Lipinski definition) is 4. The van der Waals surface area contributed by atoms with Crippen LogP contribution in [-0.2, 0) is 9.53 Å². The van der Waals surface area contributed by atoms with E-state index < -0.39 is 0 Å². The zero-order chi connectivity index (χ0) is 12.8. The topological polar surface area (TPSA) is 42.4 Å². The Morgan fingerprint density at radius 3 is 2.76 bits per heavy atom. The van der Waals surface area contributed by atoms with Crippen molar-refractivity contribution in [3.05, 3.63) is 30.1 Å². The number of ether oxygens (including phenoxy) is 1. The van der Waals surface area contributed by atoms with Crippen LogP contribution in [-0.4, -0.2) is 31.2 Å². The summed E-state index contributed by atoms with van der Waals surface area (Å²) in [7, 11) is 3.91. The third-order valence-corrected chi connectivity index (χ3v) is 2.02. The van der Waals surface area contributed by atoms with Crippen molar-refractivity contribution in [1.82, 2.24) is 4.98 Å². The molecule has 0 atom stereocenters. The number of hydrogen-bond donors (Lipinski definition) is 0. The lowest BCUT2D eigenvalue weighted by atomic mass is 10.3. The molecule has 0 aromatic carbocycles. The van der Waals surface area contributed by atoms with E-state index in [-0.39, 0.29) is 12.1 Å². The summed E-state index contributed by atoms with van der Waals surface area (Å²) in [6.45, 7) is 3.63. The summed E-state index contributed by atoms with van der Waals surface area (Å²) in [5, 5.41) is 0. The molecular weight excluding hydrogens is 216 g/mol. The third-order valence-electron chi connectivity index (χ3n) is 2.02. The van der Waals surface area contributed by atoms with Crippen LogP contribution in [0.15, 0.2) is 24.4 Å². The third kappa shape index (κ3) is 4.68. The van der Waals surface area contributed by atoms with Crippen LogP contribution in [0.2, 0.25) is 0 Å². The zero-order valence-corrected chi connectivity index (χ0v) is 10.7. The maximum atomic E-state index is 11.3. The summed E-state index contributed by atoms with van der Waals surface area (Å²) >= 11 is 0. The zero-order valence-electron chi connectivity index (χ0n) is 10.7. The lowest BCUT2D eigenvalue weighted by Gasteiger charge is -2.11.